The number of aromatic nitrogens is 4. The number of nitrogens with zero attached hydrogens (tertiary/aromatic N) is 6. The second-order valence-corrected chi connectivity index (χ2v) is 9.91. The predicted octanol–water partition coefficient (Wildman–Crippen LogP) is 2.32. The van der Waals surface area contributed by atoms with Gasteiger partial charge in [0.05, 0.1) is 12.1 Å². The Morgan fingerprint density at radius 3 is 2.28 bits per heavy atom. The average Bonchev–Trinajstić information content (AvgIpc) is 3.32. The van der Waals surface area contributed by atoms with E-state index < -0.39 is 0 Å². The zero-order chi connectivity index (χ0) is 26.9. The molecule has 2 aromatic heterocycles. The fourth-order valence-electron chi connectivity index (χ4n) is 5.44. The topological polar surface area (TPSA) is 92.3 Å². The summed E-state index contributed by atoms with van der Waals surface area (Å²) >= 11 is 0. The van der Waals surface area contributed by atoms with Gasteiger partial charge in [-0.05, 0) is 47.6 Å². The van der Waals surface area contributed by atoms with Gasteiger partial charge >= 0.3 is 5.69 Å². The van der Waals surface area contributed by atoms with Crippen molar-refractivity contribution in [1.82, 2.24) is 19.8 Å². The van der Waals surface area contributed by atoms with E-state index in [0.717, 1.165) is 44.8 Å². The van der Waals surface area contributed by atoms with Gasteiger partial charge in [-0.25, -0.2) is 0 Å². The van der Waals surface area contributed by atoms with Gasteiger partial charge in [-0.1, -0.05) is 24.3 Å². The Hall–Kier alpha value is -4.50. The van der Waals surface area contributed by atoms with Crippen LogP contribution in [-0.4, -0.2) is 69.9 Å². The fourth-order valence-corrected chi connectivity index (χ4v) is 5.44. The lowest BCUT2D eigenvalue weighted by atomic mass is 9.90. The summed E-state index contributed by atoms with van der Waals surface area (Å²) in [4.78, 5) is 49.2. The van der Waals surface area contributed by atoms with Crippen LogP contribution in [0.15, 0.2) is 73.1 Å². The number of pyridine rings is 1. The molecule has 39 heavy (non-hydrogen) atoms. The number of benzene rings is 2. The number of piperazine rings is 1. The van der Waals surface area contributed by atoms with Gasteiger partial charge < -0.3 is 4.90 Å². The second-order valence-electron chi connectivity index (χ2n) is 9.91. The molecule has 196 valence electrons. The molecule has 0 saturated carbocycles. The average molecular weight is 522 g/mol. The highest BCUT2D eigenvalue weighted by Crippen LogP contribution is 2.24. The monoisotopic (exact) mass is 521 g/mol. The van der Waals surface area contributed by atoms with Crippen LogP contribution in [0.4, 0.5) is 5.69 Å². The molecule has 1 fully saturated rings. The van der Waals surface area contributed by atoms with Crippen LogP contribution in [0.25, 0.3) is 0 Å². The van der Waals surface area contributed by atoms with Crippen LogP contribution in [0.1, 0.15) is 54.4 Å². The minimum absolute atomic E-state index is 0.0256. The van der Waals surface area contributed by atoms with Crippen molar-refractivity contribution in [3.8, 4) is 0 Å². The van der Waals surface area contributed by atoms with E-state index in [2.05, 4.69) is 19.9 Å². The fraction of sp³-hybridized carbons (Fsp3) is 0.267. The molecule has 0 bridgehead atoms. The van der Waals surface area contributed by atoms with Crippen LogP contribution in [-0.2, 0) is 13.6 Å². The molecule has 0 spiro atoms. The number of rotatable bonds is 7. The highest BCUT2D eigenvalue weighted by molar-refractivity contribution is 6.26. The van der Waals surface area contributed by atoms with Crippen LogP contribution in [0.3, 0.4) is 0 Å². The molecular weight excluding hydrogens is 492 g/mol. The standard InChI is InChI=1S/C30H29N6O3/c1-33-32-26-27(30(39)25-8-3-2-7-24(25)29(26)38)36(33)15-5-14-34-16-18-35(19-17-34)23-11-9-21(10-12-23)28(37)22-6-4-13-31-20-22/h2-4,6-13,20H,5,14-19H2,1H3/q+1. The van der Waals surface area contributed by atoms with E-state index in [0.29, 0.717) is 34.5 Å². The molecule has 0 amide bonds. The Morgan fingerprint density at radius 1 is 0.872 bits per heavy atom. The van der Waals surface area contributed by atoms with Crippen LogP contribution in [0.2, 0.25) is 0 Å². The van der Waals surface area contributed by atoms with Gasteiger partial charge in [-0.3, -0.25) is 24.3 Å². The lowest BCUT2D eigenvalue weighted by Gasteiger charge is -2.36. The van der Waals surface area contributed by atoms with E-state index in [9.17, 15) is 14.4 Å². The minimum atomic E-state index is -0.194. The van der Waals surface area contributed by atoms with Crippen LogP contribution < -0.4 is 9.58 Å². The first-order valence-electron chi connectivity index (χ1n) is 13.2. The highest BCUT2D eigenvalue weighted by Gasteiger charge is 2.42. The van der Waals surface area contributed by atoms with Crippen molar-refractivity contribution in [3.63, 3.8) is 0 Å². The third kappa shape index (κ3) is 4.66. The van der Waals surface area contributed by atoms with Crippen molar-refractivity contribution < 1.29 is 19.1 Å². The number of fused-ring (bicyclic) bond motifs is 2. The molecule has 0 atom stereocenters. The van der Waals surface area contributed by atoms with Gasteiger partial charge in [0.2, 0.25) is 11.6 Å². The molecule has 0 radical (unpaired) electrons. The van der Waals surface area contributed by atoms with E-state index in [1.807, 2.05) is 28.9 Å². The molecule has 3 heterocycles. The zero-order valence-electron chi connectivity index (χ0n) is 21.8. The molecule has 1 aliphatic heterocycles. The first-order valence-corrected chi connectivity index (χ1v) is 13.2. The normalized spacial score (nSPS) is 15.3. The Morgan fingerprint density at radius 2 is 1.59 bits per heavy atom. The van der Waals surface area contributed by atoms with Crippen molar-refractivity contribution >= 4 is 23.0 Å². The number of carbonyl (C=O) groups excluding carboxylic acids is 3. The quantitative estimate of drug-likeness (QED) is 0.240. The summed E-state index contributed by atoms with van der Waals surface area (Å²) in [5.74, 6) is -0.363. The Balaban J connectivity index is 1.04. The minimum Gasteiger partial charge on any atom is -0.369 e. The molecule has 1 aliphatic carbocycles. The van der Waals surface area contributed by atoms with Crippen molar-refractivity contribution in [1.29, 1.82) is 0 Å². The smallest absolute Gasteiger partial charge is 0.300 e. The molecule has 0 unspecified atom stereocenters. The molecule has 6 rings (SSSR count). The Kier molecular flexibility index (Phi) is 6.58. The second kappa shape index (κ2) is 10.3. The van der Waals surface area contributed by atoms with E-state index in [1.165, 1.54) is 0 Å². The number of anilines is 1. The maximum absolute atomic E-state index is 13.2. The van der Waals surface area contributed by atoms with Crippen LogP contribution >= 0.6 is 0 Å². The number of carbonyl (C=O) groups is 3. The Bertz CT molecular complexity index is 1550. The maximum atomic E-state index is 13.2. The number of ketones is 3. The molecule has 2 aliphatic rings. The van der Waals surface area contributed by atoms with Crippen LogP contribution in [0, 0.1) is 0 Å². The molecule has 1 saturated heterocycles. The maximum Gasteiger partial charge on any atom is 0.300 e. The molecular formula is C30H29N6O3+. The number of aryl methyl sites for hydroxylation is 1. The van der Waals surface area contributed by atoms with E-state index in [1.54, 1.807) is 60.6 Å². The first kappa shape index (κ1) is 24.8. The van der Waals surface area contributed by atoms with Gasteiger partial charge in [0.25, 0.3) is 5.69 Å². The van der Waals surface area contributed by atoms with Crippen molar-refractivity contribution in [2.45, 2.75) is 13.0 Å². The third-order valence-electron chi connectivity index (χ3n) is 7.56. The molecule has 2 aromatic carbocycles. The van der Waals surface area contributed by atoms with Crippen molar-refractivity contribution in [2.75, 3.05) is 37.6 Å². The van der Waals surface area contributed by atoms with E-state index >= 15 is 0 Å². The van der Waals surface area contributed by atoms with Crippen LogP contribution in [0.5, 0.6) is 0 Å². The van der Waals surface area contributed by atoms with E-state index in [-0.39, 0.29) is 23.0 Å². The Labute approximate surface area is 226 Å². The summed E-state index contributed by atoms with van der Waals surface area (Å²) in [6.45, 7) is 5.14. The lowest BCUT2D eigenvalue weighted by Crippen LogP contribution is -2.50. The van der Waals surface area contributed by atoms with Crippen molar-refractivity contribution in [2.24, 2.45) is 7.05 Å². The summed E-state index contributed by atoms with van der Waals surface area (Å²) in [7, 11) is 1.78. The summed E-state index contributed by atoms with van der Waals surface area (Å²) in [5, 5.41) is 4.39. The van der Waals surface area contributed by atoms with Gasteiger partial charge in [0.1, 0.15) is 6.54 Å². The van der Waals surface area contributed by atoms with Gasteiger partial charge in [-0.2, -0.15) is 0 Å². The zero-order valence-corrected chi connectivity index (χ0v) is 21.8. The molecule has 4 aromatic rings. The van der Waals surface area contributed by atoms with Crippen molar-refractivity contribution in [3.05, 3.63) is 107 Å². The predicted molar refractivity (Wildman–Crippen MR) is 144 cm³/mol. The largest absolute Gasteiger partial charge is 0.369 e. The van der Waals surface area contributed by atoms with Gasteiger partial charge in [0, 0.05) is 73.1 Å². The highest BCUT2D eigenvalue weighted by atomic mass is 16.1. The van der Waals surface area contributed by atoms with E-state index in [4.69, 9.17) is 0 Å². The molecule has 9 nitrogen and oxygen atoms in total. The molecule has 0 N–H and O–H groups in total. The van der Waals surface area contributed by atoms with Gasteiger partial charge in [-0.15, -0.1) is 4.68 Å². The summed E-state index contributed by atoms with van der Waals surface area (Å²) in [6.07, 6.45) is 4.09. The third-order valence-corrected chi connectivity index (χ3v) is 7.56. The molecule has 9 heteroatoms. The summed E-state index contributed by atoms with van der Waals surface area (Å²) in [6, 6.07) is 18.3. The number of hydrogen-bond acceptors (Lipinski definition) is 7. The lowest BCUT2D eigenvalue weighted by molar-refractivity contribution is -0.779. The summed E-state index contributed by atoms with van der Waals surface area (Å²) in [5.41, 5.74) is 3.85. The van der Waals surface area contributed by atoms with Gasteiger partial charge in [0.15, 0.2) is 5.78 Å². The number of hydrogen-bond donors (Lipinski definition) is 0. The first-order chi connectivity index (χ1) is 19.0. The SMILES string of the molecule is Cn1nc2c([n+]1CCCN1CCN(c3ccc(C(=O)c4cccnc4)cc3)CC1)C(=O)c1ccccc1C2=O. The summed E-state index contributed by atoms with van der Waals surface area (Å²) < 4.78 is 1.83.